The lowest BCUT2D eigenvalue weighted by atomic mass is 10.1. The van der Waals surface area contributed by atoms with Crippen LogP contribution in [0.2, 0.25) is 0 Å². The fourth-order valence-electron chi connectivity index (χ4n) is 4.08. The van der Waals surface area contributed by atoms with Crippen molar-refractivity contribution in [2.75, 3.05) is 31.1 Å². The van der Waals surface area contributed by atoms with Gasteiger partial charge < -0.3 is 21.1 Å². The van der Waals surface area contributed by atoms with Gasteiger partial charge in [-0.2, -0.15) is 5.26 Å². The summed E-state index contributed by atoms with van der Waals surface area (Å²) in [5.74, 6) is 1.86. The third-order valence-corrected chi connectivity index (χ3v) is 5.85. The van der Waals surface area contributed by atoms with Crippen LogP contribution in [-0.2, 0) is 4.74 Å². The Morgan fingerprint density at radius 2 is 2.03 bits per heavy atom. The number of nitrogens with one attached hydrogen (secondary N) is 2. The Hall–Kier alpha value is -3.57. The Balaban J connectivity index is 0.000000239. The topological polar surface area (TPSA) is 116 Å². The third kappa shape index (κ3) is 4.78. The number of carbonyl (C=O) groups is 1. The molecule has 3 heterocycles. The molecule has 0 bridgehead atoms. The van der Waals surface area contributed by atoms with Crippen molar-refractivity contribution in [1.82, 2.24) is 15.6 Å². The number of nitriles is 1. The SMILES string of the molecule is N#CC1[C@H]2CNC[C@@H]12.N/C=C\NCC1CN(c2ccc(-c3cccnc3)cc2)C(=O)O1. The van der Waals surface area contributed by atoms with E-state index in [4.69, 9.17) is 15.7 Å². The number of piperidine rings is 1. The number of pyridine rings is 1. The zero-order valence-corrected chi connectivity index (χ0v) is 17.1. The number of nitrogens with zero attached hydrogens (tertiary/aromatic N) is 3. The molecule has 2 aromatic rings. The summed E-state index contributed by atoms with van der Waals surface area (Å²) in [6.07, 6.45) is 6.06. The largest absolute Gasteiger partial charge is 0.442 e. The van der Waals surface area contributed by atoms with Gasteiger partial charge in [-0.3, -0.25) is 9.88 Å². The van der Waals surface area contributed by atoms with Crippen LogP contribution in [0.15, 0.2) is 61.2 Å². The molecular formula is C23H26N6O2. The van der Waals surface area contributed by atoms with Crippen LogP contribution < -0.4 is 21.3 Å². The number of cyclic esters (lactones) is 1. The molecule has 2 saturated heterocycles. The van der Waals surface area contributed by atoms with Crippen LogP contribution in [0.25, 0.3) is 11.1 Å². The van der Waals surface area contributed by atoms with Crippen molar-refractivity contribution in [3.05, 3.63) is 61.2 Å². The highest BCUT2D eigenvalue weighted by Crippen LogP contribution is 2.47. The fraction of sp³-hybridized carbons (Fsp3) is 0.348. The van der Waals surface area contributed by atoms with E-state index < -0.39 is 0 Å². The van der Waals surface area contributed by atoms with Crippen molar-refractivity contribution in [2.24, 2.45) is 23.5 Å². The maximum Gasteiger partial charge on any atom is 0.414 e. The second kappa shape index (κ2) is 9.49. The maximum absolute atomic E-state index is 12.0. The van der Waals surface area contributed by atoms with Crippen molar-refractivity contribution in [1.29, 1.82) is 5.26 Å². The first-order valence-corrected chi connectivity index (χ1v) is 10.4. The summed E-state index contributed by atoms with van der Waals surface area (Å²) < 4.78 is 5.33. The number of fused-ring (bicyclic) bond motifs is 1. The van der Waals surface area contributed by atoms with Crippen LogP contribution in [0, 0.1) is 29.1 Å². The van der Waals surface area contributed by atoms with E-state index in [1.807, 2.05) is 42.6 Å². The number of anilines is 1. The highest BCUT2D eigenvalue weighted by Gasteiger charge is 2.53. The lowest BCUT2D eigenvalue weighted by Gasteiger charge is -2.13. The van der Waals surface area contributed by atoms with Crippen molar-refractivity contribution in [3.63, 3.8) is 0 Å². The van der Waals surface area contributed by atoms with E-state index in [0.29, 0.717) is 19.0 Å². The number of carbonyl (C=O) groups excluding carboxylic acids is 1. The molecule has 4 N–H and O–H groups in total. The number of hydrogen-bond acceptors (Lipinski definition) is 7. The van der Waals surface area contributed by atoms with Crippen molar-refractivity contribution >= 4 is 11.8 Å². The molecule has 1 aromatic carbocycles. The number of amides is 1. The monoisotopic (exact) mass is 418 g/mol. The summed E-state index contributed by atoms with van der Waals surface area (Å²) in [5, 5.41) is 14.7. The zero-order valence-electron chi connectivity index (χ0n) is 17.1. The van der Waals surface area contributed by atoms with E-state index >= 15 is 0 Å². The molecule has 0 spiro atoms. The number of nitrogens with two attached hydrogens (primary N) is 1. The molecule has 8 heteroatoms. The van der Waals surface area contributed by atoms with Crippen molar-refractivity contribution in [3.8, 4) is 17.2 Å². The molecule has 1 aromatic heterocycles. The average molecular weight is 419 g/mol. The van der Waals surface area contributed by atoms with Crippen LogP contribution >= 0.6 is 0 Å². The number of hydrogen-bond donors (Lipinski definition) is 3. The predicted molar refractivity (Wildman–Crippen MR) is 118 cm³/mol. The summed E-state index contributed by atoms with van der Waals surface area (Å²) in [7, 11) is 0. The molecule has 0 radical (unpaired) electrons. The summed E-state index contributed by atoms with van der Waals surface area (Å²) in [5.41, 5.74) is 8.17. The molecule has 8 nitrogen and oxygen atoms in total. The van der Waals surface area contributed by atoms with Gasteiger partial charge in [0.2, 0.25) is 0 Å². The first kappa shape index (κ1) is 20.7. The minimum Gasteiger partial charge on any atom is -0.442 e. The van der Waals surface area contributed by atoms with Gasteiger partial charge in [-0.1, -0.05) is 18.2 Å². The van der Waals surface area contributed by atoms with E-state index in [0.717, 1.165) is 41.7 Å². The minimum absolute atomic E-state index is 0.198. The maximum atomic E-state index is 12.0. The Morgan fingerprint density at radius 1 is 1.26 bits per heavy atom. The molecule has 1 amide bonds. The Bertz CT molecular complexity index is 946. The first-order valence-electron chi connectivity index (χ1n) is 10.4. The van der Waals surface area contributed by atoms with Crippen LogP contribution in [0.4, 0.5) is 10.5 Å². The molecule has 4 atom stereocenters. The van der Waals surface area contributed by atoms with Gasteiger partial charge in [0.25, 0.3) is 0 Å². The molecule has 5 rings (SSSR count). The number of aromatic nitrogens is 1. The minimum atomic E-state index is -0.331. The highest BCUT2D eigenvalue weighted by atomic mass is 16.6. The number of ether oxygens (including phenoxy) is 1. The Labute approximate surface area is 181 Å². The van der Waals surface area contributed by atoms with Gasteiger partial charge in [0.15, 0.2) is 0 Å². The van der Waals surface area contributed by atoms with E-state index in [9.17, 15) is 4.79 Å². The molecule has 1 saturated carbocycles. The number of benzene rings is 1. The lowest BCUT2D eigenvalue weighted by molar-refractivity contribution is 0.142. The second-order valence-corrected chi connectivity index (χ2v) is 7.81. The van der Waals surface area contributed by atoms with Crippen LogP contribution in [-0.4, -0.2) is 43.4 Å². The first-order chi connectivity index (χ1) is 15.2. The third-order valence-electron chi connectivity index (χ3n) is 5.85. The smallest absolute Gasteiger partial charge is 0.414 e. The van der Waals surface area contributed by atoms with E-state index in [-0.39, 0.29) is 12.2 Å². The van der Waals surface area contributed by atoms with E-state index in [1.54, 1.807) is 17.3 Å². The van der Waals surface area contributed by atoms with Gasteiger partial charge in [-0.05, 0) is 54.3 Å². The van der Waals surface area contributed by atoms with Crippen molar-refractivity contribution in [2.45, 2.75) is 6.10 Å². The van der Waals surface area contributed by atoms with Gasteiger partial charge in [-0.25, -0.2) is 4.79 Å². The van der Waals surface area contributed by atoms with Gasteiger partial charge in [0.05, 0.1) is 25.1 Å². The molecule has 160 valence electrons. The molecule has 3 fully saturated rings. The Kier molecular flexibility index (Phi) is 6.34. The zero-order chi connectivity index (χ0) is 21.6. The van der Waals surface area contributed by atoms with Crippen LogP contribution in [0.3, 0.4) is 0 Å². The molecule has 31 heavy (non-hydrogen) atoms. The van der Waals surface area contributed by atoms with Crippen molar-refractivity contribution < 1.29 is 9.53 Å². The predicted octanol–water partition coefficient (Wildman–Crippen LogP) is 2.07. The second-order valence-electron chi connectivity index (χ2n) is 7.81. The average Bonchev–Trinajstić information content (AvgIpc) is 3.10. The summed E-state index contributed by atoms with van der Waals surface area (Å²) >= 11 is 0. The fourth-order valence-corrected chi connectivity index (χ4v) is 4.08. The summed E-state index contributed by atoms with van der Waals surface area (Å²) in [4.78, 5) is 17.7. The van der Waals surface area contributed by atoms with Crippen LogP contribution in [0.1, 0.15) is 0 Å². The summed E-state index contributed by atoms with van der Waals surface area (Å²) in [6.45, 7) is 3.21. The lowest BCUT2D eigenvalue weighted by Crippen LogP contribution is -2.28. The standard InChI is InChI=1S/C17H18N4O2.C6H8N2/c18-7-9-20-11-16-12-21(17(22)23-16)15-5-3-13(4-6-15)14-2-1-8-19-10-14;7-1-4-5-2-8-3-6(4)5/h1-10,16,20H,11-12,18H2;4-6,8H,2-3H2/b9-7-;/t;4?,5-,6+. The van der Waals surface area contributed by atoms with E-state index in [2.05, 4.69) is 21.7 Å². The molecule has 2 aliphatic heterocycles. The highest BCUT2D eigenvalue weighted by molar-refractivity contribution is 5.90. The summed E-state index contributed by atoms with van der Waals surface area (Å²) in [6, 6.07) is 14.0. The normalized spacial score (nSPS) is 25.9. The molecule has 3 aliphatic rings. The van der Waals surface area contributed by atoms with E-state index in [1.165, 1.54) is 6.20 Å². The van der Waals surface area contributed by atoms with Gasteiger partial charge >= 0.3 is 6.09 Å². The van der Waals surface area contributed by atoms with Crippen LogP contribution in [0.5, 0.6) is 0 Å². The van der Waals surface area contributed by atoms with Gasteiger partial charge in [0.1, 0.15) is 6.10 Å². The number of rotatable bonds is 5. The quantitative estimate of drug-likeness (QED) is 0.681. The molecule has 1 aliphatic carbocycles. The Morgan fingerprint density at radius 3 is 2.65 bits per heavy atom. The van der Waals surface area contributed by atoms with Gasteiger partial charge in [-0.15, -0.1) is 0 Å². The van der Waals surface area contributed by atoms with Gasteiger partial charge in [0, 0.05) is 30.5 Å². The molecular weight excluding hydrogens is 392 g/mol. The molecule has 2 unspecified atom stereocenters.